The van der Waals surface area contributed by atoms with Gasteiger partial charge >= 0.3 is 0 Å². The maximum Gasteiger partial charge on any atom is 0.00745 e. The summed E-state index contributed by atoms with van der Waals surface area (Å²) >= 11 is 0. The van der Waals surface area contributed by atoms with E-state index < -0.39 is 0 Å². The summed E-state index contributed by atoms with van der Waals surface area (Å²) in [6.45, 7) is 10.0. The first-order chi connectivity index (χ1) is 7.83. The fourth-order valence-corrected chi connectivity index (χ4v) is 1.06. The number of unbranched alkanes of at least 4 members (excludes halogenated alkanes) is 2. The van der Waals surface area contributed by atoms with Gasteiger partial charge in [-0.15, -0.1) is 0 Å². The van der Waals surface area contributed by atoms with Gasteiger partial charge in [-0.2, -0.15) is 0 Å². The van der Waals surface area contributed by atoms with Crippen LogP contribution in [0.15, 0.2) is 0 Å². The first-order valence-corrected chi connectivity index (χ1v) is 6.64. The summed E-state index contributed by atoms with van der Waals surface area (Å²) < 4.78 is 0. The summed E-state index contributed by atoms with van der Waals surface area (Å²) in [6, 6.07) is 0. The molecule has 0 aromatic heterocycles. The van der Waals surface area contributed by atoms with Gasteiger partial charge in [0.25, 0.3) is 0 Å². The summed E-state index contributed by atoms with van der Waals surface area (Å²) in [7, 11) is 0. The average molecular weight is 232 g/mol. The van der Waals surface area contributed by atoms with E-state index in [9.17, 15) is 0 Å². The summed E-state index contributed by atoms with van der Waals surface area (Å²) in [5.41, 5.74) is 10.5. The van der Waals surface area contributed by atoms with E-state index in [0.717, 1.165) is 39.3 Å². The third-order valence-electron chi connectivity index (χ3n) is 2.06. The highest BCUT2D eigenvalue weighted by atomic mass is 14.9. The van der Waals surface area contributed by atoms with E-state index in [1.165, 1.54) is 25.7 Å². The van der Waals surface area contributed by atoms with Gasteiger partial charge in [0.05, 0.1) is 0 Å². The van der Waals surface area contributed by atoms with E-state index in [1.54, 1.807) is 0 Å². The Hall–Kier alpha value is -0.160. The third-order valence-corrected chi connectivity index (χ3v) is 2.06. The molecule has 0 amide bonds. The van der Waals surface area contributed by atoms with Crippen molar-refractivity contribution in [3.63, 3.8) is 0 Å². The number of nitrogens with one attached hydrogen (secondary N) is 2. The van der Waals surface area contributed by atoms with E-state index >= 15 is 0 Å². The molecule has 0 unspecified atom stereocenters. The van der Waals surface area contributed by atoms with Crippen LogP contribution in [0.1, 0.15) is 39.5 Å². The van der Waals surface area contributed by atoms with Crippen molar-refractivity contribution in [2.45, 2.75) is 39.5 Å². The van der Waals surface area contributed by atoms with Crippen LogP contribution in [0.3, 0.4) is 0 Å². The molecular formula is C12H32N4. The fraction of sp³-hybridized carbons (Fsp3) is 1.00. The lowest BCUT2D eigenvalue weighted by Crippen LogP contribution is -2.23. The first-order valence-electron chi connectivity index (χ1n) is 6.64. The van der Waals surface area contributed by atoms with E-state index in [0.29, 0.717) is 0 Å². The standard InChI is InChI=1S/2C6H16N2/c2*1-2-3-5-8-6-4-7/h2*8H,2-7H2,1H3. The largest absolute Gasteiger partial charge is 0.329 e. The zero-order valence-corrected chi connectivity index (χ0v) is 11.2. The summed E-state index contributed by atoms with van der Waals surface area (Å²) in [4.78, 5) is 0. The van der Waals surface area contributed by atoms with Gasteiger partial charge < -0.3 is 22.1 Å². The van der Waals surface area contributed by atoms with Crippen LogP contribution in [-0.2, 0) is 0 Å². The topological polar surface area (TPSA) is 76.1 Å². The summed E-state index contributed by atoms with van der Waals surface area (Å²) in [5, 5.41) is 6.42. The molecule has 6 N–H and O–H groups in total. The lowest BCUT2D eigenvalue weighted by atomic mass is 10.3. The van der Waals surface area contributed by atoms with Gasteiger partial charge in [0.15, 0.2) is 0 Å². The number of rotatable bonds is 10. The Balaban J connectivity index is 0. The molecule has 16 heavy (non-hydrogen) atoms. The molecule has 0 spiro atoms. The minimum atomic E-state index is 0.754. The molecule has 0 aromatic carbocycles. The van der Waals surface area contributed by atoms with Crippen molar-refractivity contribution in [3.8, 4) is 0 Å². The molecule has 0 heterocycles. The third kappa shape index (κ3) is 23.6. The molecule has 0 radical (unpaired) electrons. The molecule has 0 rings (SSSR count). The molecular weight excluding hydrogens is 200 g/mol. The minimum absolute atomic E-state index is 0.754. The number of hydrogen-bond donors (Lipinski definition) is 4. The van der Waals surface area contributed by atoms with E-state index in [1.807, 2.05) is 0 Å². The maximum absolute atomic E-state index is 5.25. The molecule has 0 aliphatic carbocycles. The van der Waals surface area contributed by atoms with Gasteiger partial charge in [0.2, 0.25) is 0 Å². The van der Waals surface area contributed by atoms with Crippen molar-refractivity contribution in [3.05, 3.63) is 0 Å². The average Bonchev–Trinajstić information content (AvgIpc) is 2.31. The highest BCUT2D eigenvalue weighted by Crippen LogP contribution is 1.80. The SMILES string of the molecule is CCCCNCCN.CCCCNCCN. The van der Waals surface area contributed by atoms with Crippen molar-refractivity contribution in [1.29, 1.82) is 0 Å². The second kappa shape index (κ2) is 20.3. The van der Waals surface area contributed by atoms with Crippen LogP contribution in [-0.4, -0.2) is 39.3 Å². The summed E-state index contributed by atoms with van der Waals surface area (Å²) in [6.07, 6.45) is 5.05. The van der Waals surface area contributed by atoms with Crippen LogP contribution in [0.2, 0.25) is 0 Å². The Morgan fingerprint density at radius 3 is 1.31 bits per heavy atom. The first kappa shape index (κ1) is 18.2. The van der Waals surface area contributed by atoms with E-state index in [4.69, 9.17) is 11.5 Å². The second-order valence-electron chi connectivity index (χ2n) is 3.78. The highest BCUT2D eigenvalue weighted by molar-refractivity contribution is 4.45. The van der Waals surface area contributed by atoms with Crippen LogP contribution in [0.5, 0.6) is 0 Å². The Morgan fingerprint density at radius 1 is 0.688 bits per heavy atom. The Labute approximate surface area is 102 Å². The van der Waals surface area contributed by atoms with Crippen LogP contribution < -0.4 is 22.1 Å². The lowest BCUT2D eigenvalue weighted by molar-refractivity contribution is 0.645. The normalized spacial score (nSPS) is 9.75. The van der Waals surface area contributed by atoms with Crippen molar-refractivity contribution in [1.82, 2.24) is 10.6 Å². The quantitative estimate of drug-likeness (QED) is 0.418. The van der Waals surface area contributed by atoms with Gasteiger partial charge in [0, 0.05) is 26.2 Å². The van der Waals surface area contributed by atoms with Crippen molar-refractivity contribution < 1.29 is 0 Å². The minimum Gasteiger partial charge on any atom is -0.329 e. The van der Waals surface area contributed by atoms with Crippen molar-refractivity contribution in [2.75, 3.05) is 39.3 Å². The molecule has 4 heteroatoms. The van der Waals surface area contributed by atoms with E-state index in [2.05, 4.69) is 24.5 Å². The number of nitrogens with two attached hydrogens (primary N) is 2. The fourth-order valence-electron chi connectivity index (χ4n) is 1.06. The molecule has 0 fully saturated rings. The predicted molar refractivity (Wildman–Crippen MR) is 73.7 cm³/mol. The molecule has 0 saturated heterocycles. The Morgan fingerprint density at radius 2 is 1.06 bits per heavy atom. The zero-order chi connectivity index (χ0) is 12.5. The van der Waals surface area contributed by atoms with Gasteiger partial charge in [-0.25, -0.2) is 0 Å². The monoisotopic (exact) mass is 232 g/mol. The van der Waals surface area contributed by atoms with E-state index in [-0.39, 0.29) is 0 Å². The van der Waals surface area contributed by atoms with Gasteiger partial charge in [-0.05, 0) is 25.9 Å². The van der Waals surface area contributed by atoms with Crippen LogP contribution in [0, 0.1) is 0 Å². The number of hydrogen-bond acceptors (Lipinski definition) is 4. The van der Waals surface area contributed by atoms with Crippen molar-refractivity contribution in [2.24, 2.45) is 11.5 Å². The second-order valence-corrected chi connectivity index (χ2v) is 3.78. The molecule has 100 valence electrons. The highest BCUT2D eigenvalue weighted by Gasteiger charge is 1.81. The van der Waals surface area contributed by atoms with Crippen LogP contribution in [0.25, 0.3) is 0 Å². The molecule has 0 saturated carbocycles. The summed E-state index contributed by atoms with van der Waals surface area (Å²) in [5.74, 6) is 0. The zero-order valence-electron chi connectivity index (χ0n) is 11.2. The van der Waals surface area contributed by atoms with Gasteiger partial charge in [-0.1, -0.05) is 26.7 Å². The lowest BCUT2D eigenvalue weighted by Gasteiger charge is -1.98. The predicted octanol–water partition coefficient (Wildman–Crippen LogP) is 0.670. The molecule has 0 bridgehead atoms. The molecule has 4 nitrogen and oxygen atoms in total. The van der Waals surface area contributed by atoms with Gasteiger partial charge in [0.1, 0.15) is 0 Å². The van der Waals surface area contributed by atoms with Crippen molar-refractivity contribution >= 4 is 0 Å². The smallest absolute Gasteiger partial charge is 0.00745 e. The molecule has 0 aliphatic heterocycles. The molecule has 0 atom stereocenters. The molecule has 0 aromatic rings. The Kier molecular flexibility index (Phi) is 23.1. The van der Waals surface area contributed by atoms with Crippen LogP contribution >= 0.6 is 0 Å². The Bertz CT molecular complexity index is 75.0. The molecule has 0 aliphatic rings. The van der Waals surface area contributed by atoms with Crippen LogP contribution in [0.4, 0.5) is 0 Å². The van der Waals surface area contributed by atoms with Gasteiger partial charge in [-0.3, -0.25) is 0 Å². The maximum atomic E-state index is 5.25.